The molecule has 1 fully saturated rings. The highest BCUT2D eigenvalue weighted by atomic mass is 16.2. The SMILES string of the molecule is O=C(Nc1cnn(Cc2ccccc2)c1)N1CCCC1. The van der Waals surface area contributed by atoms with Crippen LogP contribution >= 0.6 is 0 Å². The molecule has 0 spiro atoms. The lowest BCUT2D eigenvalue weighted by molar-refractivity contribution is 0.222. The van der Waals surface area contributed by atoms with Crippen molar-refractivity contribution in [2.24, 2.45) is 0 Å². The fourth-order valence-corrected chi connectivity index (χ4v) is 2.41. The molecule has 0 radical (unpaired) electrons. The van der Waals surface area contributed by atoms with E-state index < -0.39 is 0 Å². The van der Waals surface area contributed by atoms with Crippen molar-refractivity contribution < 1.29 is 4.79 Å². The van der Waals surface area contributed by atoms with Crippen molar-refractivity contribution in [1.29, 1.82) is 0 Å². The van der Waals surface area contributed by atoms with Gasteiger partial charge in [0.2, 0.25) is 0 Å². The van der Waals surface area contributed by atoms with Crippen LogP contribution in [0.15, 0.2) is 42.7 Å². The molecule has 0 unspecified atom stereocenters. The first kappa shape index (κ1) is 12.7. The molecule has 2 amide bonds. The molecule has 1 N–H and O–H groups in total. The van der Waals surface area contributed by atoms with Crippen LogP contribution in [0, 0.1) is 0 Å². The van der Waals surface area contributed by atoms with Gasteiger partial charge in [0.1, 0.15) is 0 Å². The topological polar surface area (TPSA) is 50.2 Å². The molecule has 20 heavy (non-hydrogen) atoms. The van der Waals surface area contributed by atoms with Crippen LogP contribution in [-0.2, 0) is 6.54 Å². The molecule has 2 heterocycles. The number of amides is 2. The molecule has 0 bridgehead atoms. The van der Waals surface area contributed by atoms with Gasteiger partial charge in [-0.2, -0.15) is 5.10 Å². The summed E-state index contributed by atoms with van der Waals surface area (Å²) in [5.41, 5.74) is 1.94. The summed E-state index contributed by atoms with van der Waals surface area (Å²) in [6, 6.07) is 10.1. The number of carbonyl (C=O) groups is 1. The summed E-state index contributed by atoms with van der Waals surface area (Å²) in [5.74, 6) is 0. The Balaban J connectivity index is 1.60. The lowest BCUT2D eigenvalue weighted by atomic mass is 10.2. The van der Waals surface area contributed by atoms with E-state index in [9.17, 15) is 4.79 Å². The van der Waals surface area contributed by atoms with Crippen molar-refractivity contribution in [3.63, 3.8) is 0 Å². The molecule has 1 saturated heterocycles. The molecule has 3 rings (SSSR count). The molecule has 5 nitrogen and oxygen atoms in total. The number of rotatable bonds is 3. The Morgan fingerprint density at radius 1 is 1.20 bits per heavy atom. The van der Waals surface area contributed by atoms with Crippen molar-refractivity contribution in [3.8, 4) is 0 Å². The van der Waals surface area contributed by atoms with Crippen molar-refractivity contribution in [3.05, 3.63) is 48.3 Å². The number of nitrogens with one attached hydrogen (secondary N) is 1. The van der Waals surface area contributed by atoms with Crippen LogP contribution in [0.1, 0.15) is 18.4 Å². The Morgan fingerprint density at radius 3 is 2.70 bits per heavy atom. The summed E-state index contributed by atoms with van der Waals surface area (Å²) in [4.78, 5) is 13.8. The standard InChI is InChI=1S/C15H18N4O/c20-15(18-8-4-5-9-18)17-14-10-16-19(12-14)11-13-6-2-1-3-7-13/h1-3,6-7,10,12H,4-5,8-9,11H2,(H,17,20). The fourth-order valence-electron chi connectivity index (χ4n) is 2.41. The summed E-state index contributed by atoms with van der Waals surface area (Å²) in [6.45, 7) is 2.41. The van der Waals surface area contributed by atoms with E-state index in [1.54, 1.807) is 6.20 Å². The van der Waals surface area contributed by atoms with Gasteiger partial charge in [0.05, 0.1) is 18.4 Å². The normalized spacial score (nSPS) is 14.5. The van der Waals surface area contributed by atoms with Crippen LogP contribution in [0.25, 0.3) is 0 Å². The molecule has 5 heteroatoms. The quantitative estimate of drug-likeness (QED) is 0.932. The van der Waals surface area contributed by atoms with Gasteiger partial charge in [-0.25, -0.2) is 4.79 Å². The highest BCUT2D eigenvalue weighted by Gasteiger charge is 2.18. The van der Waals surface area contributed by atoms with Crippen LogP contribution in [0.4, 0.5) is 10.5 Å². The number of aromatic nitrogens is 2. The summed E-state index contributed by atoms with van der Waals surface area (Å²) < 4.78 is 1.83. The van der Waals surface area contributed by atoms with Crippen LogP contribution < -0.4 is 5.32 Å². The molecule has 1 aromatic carbocycles. The minimum Gasteiger partial charge on any atom is -0.325 e. The average Bonchev–Trinajstić information content (AvgIpc) is 3.11. The number of anilines is 1. The van der Waals surface area contributed by atoms with E-state index in [4.69, 9.17) is 0 Å². The summed E-state index contributed by atoms with van der Waals surface area (Å²) in [6.07, 6.45) is 5.75. The van der Waals surface area contributed by atoms with E-state index in [-0.39, 0.29) is 6.03 Å². The van der Waals surface area contributed by atoms with Crippen molar-refractivity contribution >= 4 is 11.7 Å². The predicted octanol–water partition coefficient (Wildman–Crippen LogP) is 2.56. The Bertz CT molecular complexity index is 573. The van der Waals surface area contributed by atoms with Crippen molar-refractivity contribution in [2.75, 3.05) is 18.4 Å². The third kappa shape index (κ3) is 2.99. The van der Waals surface area contributed by atoms with Crippen LogP contribution in [0.2, 0.25) is 0 Å². The summed E-state index contributed by atoms with van der Waals surface area (Å²) in [7, 11) is 0. The lowest BCUT2D eigenvalue weighted by Gasteiger charge is -2.14. The molecule has 1 aromatic heterocycles. The average molecular weight is 270 g/mol. The maximum atomic E-state index is 12.0. The zero-order valence-electron chi connectivity index (χ0n) is 11.3. The first-order valence-electron chi connectivity index (χ1n) is 6.93. The number of carbonyl (C=O) groups excluding carboxylic acids is 1. The zero-order chi connectivity index (χ0) is 13.8. The third-order valence-electron chi connectivity index (χ3n) is 3.47. The van der Waals surface area contributed by atoms with E-state index in [1.807, 2.05) is 34.0 Å². The predicted molar refractivity (Wildman–Crippen MR) is 77.6 cm³/mol. The van der Waals surface area contributed by atoms with Crippen molar-refractivity contribution in [1.82, 2.24) is 14.7 Å². The number of benzene rings is 1. The monoisotopic (exact) mass is 270 g/mol. The fraction of sp³-hybridized carbons (Fsp3) is 0.333. The van der Waals surface area contributed by atoms with Crippen molar-refractivity contribution in [2.45, 2.75) is 19.4 Å². The second kappa shape index (κ2) is 5.77. The van der Waals surface area contributed by atoms with Gasteiger partial charge in [-0.1, -0.05) is 30.3 Å². The van der Waals surface area contributed by atoms with E-state index in [0.717, 1.165) is 31.6 Å². The van der Waals surface area contributed by atoms with Gasteiger partial charge in [-0.3, -0.25) is 4.68 Å². The van der Waals surface area contributed by atoms with E-state index >= 15 is 0 Å². The van der Waals surface area contributed by atoms with Gasteiger partial charge in [0, 0.05) is 19.3 Å². The number of urea groups is 1. The molecule has 104 valence electrons. The molecule has 2 aromatic rings. The molecule has 0 aliphatic carbocycles. The smallest absolute Gasteiger partial charge is 0.321 e. The molecular formula is C15H18N4O. The maximum Gasteiger partial charge on any atom is 0.321 e. The second-order valence-corrected chi connectivity index (χ2v) is 5.04. The van der Waals surface area contributed by atoms with E-state index in [2.05, 4.69) is 22.5 Å². The third-order valence-corrected chi connectivity index (χ3v) is 3.47. The van der Waals surface area contributed by atoms with Gasteiger partial charge in [-0.15, -0.1) is 0 Å². The highest BCUT2D eigenvalue weighted by molar-refractivity contribution is 5.89. The maximum absolute atomic E-state index is 12.0. The highest BCUT2D eigenvalue weighted by Crippen LogP contribution is 2.12. The Morgan fingerprint density at radius 2 is 1.95 bits per heavy atom. The largest absolute Gasteiger partial charge is 0.325 e. The van der Waals surface area contributed by atoms with Crippen LogP contribution in [0.3, 0.4) is 0 Å². The minimum absolute atomic E-state index is 0.0261. The van der Waals surface area contributed by atoms with Gasteiger partial charge in [0.25, 0.3) is 0 Å². The van der Waals surface area contributed by atoms with Gasteiger partial charge >= 0.3 is 6.03 Å². The molecule has 0 atom stereocenters. The Labute approximate surface area is 118 Å². The van der Waals surface area contributed by atoms with Gasteiger partial charge in [-0.05, 0) is 18.4 Å². The number of hydrogen-bond donors (Lipinski definition) is 1. The minimum atomic E-state index is -0.0261. The van der Waals surface area contributed by atoms with Crippen LogP contribution in [-0.4, -0.2) is 33.8 Å². The molecule has 1 aliphatic rings. The van der Waals surface area contributed by atoms with Crippen LogP contribution in [0.5, 0.6) is 0 Å². The van der Waals surface area contributed by atoms with E-state index in [0.29, 0.717) is 6.54 Å². The van der Waals surface area contributed by atoms with E-state index in [1.165, 1.54) is 5.56 Å². The molecule has 0 saturated carbocycles. The zero-order valence-corrected chi connectivity index (χ0v) is 11.3. The number of nitrogens with zero attached hydrogens (tertiary/aromatic N) is 3. The summed E-state index contributed by atoms with van der Waals surface area (Å²) in [5, 5.41) is 7.17. The summed E-state index contributed by atoms with van der Waals surface area (Å²) >= 11 is 0. The number of hydrogen-bond acceptors (Lipinski definition) is 2. The Hall–Kier alpha value is -2.30. The lowest BCUT2D eigenvalue weighted by Crippen LogP contribution is -2.31. The first-order chi connectivity index (χ1) is 9.81. The second-order valence-electron chi connectivity index (χ2n) is 5.04. The van der Waals surface area contributed by atoms with Gasteiger partial charge < -0.3 is 10.2 Å². The molecular weight excluding hydrogens is 252 g/mol. The number of likely N-dealkylation sites (tertiary alicyclic amines) is 1. The Kier molecular flexibility index (Phi) is 3.67. The first-order valence-corrected chi connectivity index (χ1v) is 6.93. The molecule has 1 aliphatic heterocycles. The van der Waals surface area contributed by atoms with Gasteiger partial charge in [0.15, 0.2) is 0 Å².